The minimum absolute atomic E-state index is 0.452. The van der Waals surface area contributed by atoms with Crippen molar-refractivity contribution in [2.75, 3.05) is 0 Å². The number of aliphatic imine (C=N–C) groups is 1. The smallest absolute Gasteiger partial charge is 0.128 e. The molecule has 0 fully saturated rings. The van der Waals surface area contributed by atoms with Gasteiger partial charge >= 0.3 is 0 Å². The lowest BCUT2D eigenvalue weighted by atomic mass is 10.2. The predicted octanol–water partition coefficient (Wildman–Crippen LogP) is 6.74. The van der Waals surface area contributed by atoms with Crippen molar-refractivity contribution in [1.29, 1.82) is 0 Å². The molecule has 3 aromatic carbocycles. The van der Waals surface area contributed by atoms with Crippen LogP contribution in [-0.2, 0) is 6.61 Å². The van der Waals surface area contributed by atoms with Crippen molar-refractivity contribution in [3.8, 4) is 5.75 Å². The second-order valence-corrected chi connectivity index (χ2v) is 7.00. The molecule has 0 aliphatic carbocycles. The highest BCUT2D eigenvalue weighted by Crippen LogP contribution is 2.25. The van der Waals surface area contributed by atoms with Crippen molar-refractivity contribution < 1.29 is 4.74 Å². The molecule has 3 aromatic rings. The van der Waals surface area contributed by atoms with Gasteiger partial charge in [0.15, 0.2) is 0 Å². The average molecular weight is 415 g/mol. The van der Waals surface area contributed by atoms with Crippen LogP contribution in [0.4, 0.5) is 5.69 Å². The molecule has 0 heterocycles. The molecule has 0 aliphatic heterocycles. The van der Waals surface area contributed by atoms with E-state index in [2.05, 4.69) is 20.9 Å². The van der Waals surface area contributed by atoms with Crippen LogP contribution in [0.15, 0.2) is 76.2 Å². The van der Waals surface area contributed by atoms with E-state index < -0.39 is 0 Å². The molecular formula is C21H17BrClNO. The SMILES string of the molecule is Cc1ccccc1N=Cc1cc(Br)ccc1OCc1cccc(Cl)c1. The van der Waals surface area contributed by atoms with Crippen LogP contribution in [0.3, 0.4) is 0 Å². The molecule has 0 amide bonds. The Bertz CT molecular complexity index is 908. The number of aryl methyl sites for hydroxylation is 1. The Morgan fingerprint density at radius 2 is 1.88 bits per heavy atom. The topological polar surface area (TPSA) is 21.6 Å². The molecule has 126 valence electrons. The number of nitrogens with zero attached hydrogens (tertiary/aromatic N) is 1. The van der Waals surface area contributed by atoms with E-state index in [1.807, 2.05) is 79.9 Å². The number of rotatable bonds is 5. The first-order chi connectivity index (χ1) is 12.1. The van der Waals surface area contributed by atoms with Crippen LogP contribution in [-0.4, -0.2) is 6.21 Å². The predicted molar refractivity (Wildman–Crippen MR) is 108 cm³/mol. The zero-order valence-electron chi connectivity index (χ0n) is 13.7. The van der Waals surface area contributed by atoms with E-state index in [4.69, 9.17) is 16.3 Å². The summed E-state index contributed by atoms with van der Waals surface area (Å²) < 4.78 is 6.96. The van der Waals surface area contributed by atoms with E-state index in [1.165, 1.54) is 0 Å². The van der Waals surface area contributed by atoms with Crippen LogP contribution in [0.25, 0.3) is 0 Å². The number of benzene rings is 3. The third kappa shape index (κ3) is 4.94. The summed E-state index contributed by atoms with van der Waals surface area (Å²) in [5, 5.41) is 0.707. The molecule has 0 N–H and O–H groups in total. The van der Waals surface area contributed by atoms with E-state index in [-0.39, 0.29) is 0 Å². The van der Waals surface area contributed by atoms with Crippen molar-refractivity contribution in [3.05, 3.63) is 92.9 Å². The molecule has 0 aliphatic rings. The van der Waals surface area contributed by atoms with E-state index in [0.717, 1.165) is 32.6 Å². The first-order valence-electron chi connectivity index (χ1n) is 7.88. The first-order valence-corrected chi connectivity index (χ1v) is 9.05. The van der Waals surface area contributed by atoms with Gasteiger partial charge in [0.25, 0.3) is 0 Å². The highest BCUT2D eigenvalue weighted by atomic mass is 79.9. The Hall–Kier alpha value is -2.10. The van der Waals surface area contributed by atoms with Gasteiger partial charge in [0.05, 0.1) is 5.69 Å². The van der Waals surface area contributed by atoms with Crippen molar-refractivity contribution in [3.63, 3.8) is 0 Å². The van der Waals surface area contributed by atoms with Crippen LogP contribution >= 0.6 is 27.5 Å². The molecule has 0 atom stereocenters. The fourth-order valence-corrected chi connectivity index (χ4v) is 2.98. The molecule has 25 heavy (non-hydrogen) atoms. The molecule has 3 rings (SSSR count). The van der Waals surface area contributed by atoms with Gasteiger partial charge in [-0.25, -0.2) is 0 Å². The van der Waals surface area contributed by atoms with Gasteiger partial charge in [-0.2, -0.15) is 0 Å². The Balaban J connectivity index is 1.82. The molecular weight excluding hydrogens is 398 g/mol. The van der Waals surface area contributed by atoms with Gasteiger partial charge in [0.2, 0.25) is 0 Å². The molecule has 0 unspecified atom stereocenters. The molecule has 2 nitrogen and oxygen atoms in total. The second-order valence-electron chi connectivity index (χ2n) is 5.65. The minimum Gasteiger partial charge on any atom is -0.488 e. The zero-order valence-corrected chi connectivity index (χ0v) is 16.1. The summed E-state index contributed by atoms with van der Waals surface area (Å²) in [5.74, 6) is 0.778. The first kappa shape index (κ1) is 17.7. The third-order valence-corrected chi connectivity index (χ3v) is 4.44. The number of halogens is 2. The molecule has 0 bridgehead atoms. The van der Waals surface area contributed by atoms with E-state index >= 15 is 0 Å². The normalized spacial score (nSPS) is 11.0. The van der Waals surface area contributed by atoms with Gasteiger partial charge < -0.3 is 4.74 Å². The number of hydrogen-bond donors (Lipinski definition) is 0. The molecule has 0 spiro atoms. The maximum atomic E-state index is 6.03. The molecule has 0 radical (unpaired) electrons. The summed E-state index contributed by atoms with van der Waals surface area (Å²) in [6, 6.07) is 21.6. The van der Waals surface area contributed by atoms with Crippen LogP contribution in [0.5, 0.6) is 5.75 Å². The summed E-state index contributed by atoms with van der Waals surface area (Å²) in [4.78, 5) is 4.60. The maximum absolute atomic E-state index is 6.03. The van der Waals surface area contributed by atoms with Crippen LogP contribution in [0, 0.1) is 6.92 Å². The van der Waals surface area contributed by atoms with Gasteiger partial charge in [-0.15, -0.1) is 0 Å². The average Bonchev–Trinajstić information content (AvgIpc) is 2.60. The summed E-state index contributed by atoms with van der Waals surface area (Å²) in [6.45, 7) is 2.50. The van der Waals surface area contributed by atoms with Gasteiger partial charge in [0.1, 0.15) is 12.4 Å². The van der Waals surface area contributed by atoms with Gasteiger partial charge in [-0.05, 0) is 54.4 Å². The Morgan fingerprint density at radius 3 is 2.68 bits per heavy atom. The molecule has 0 saturated carbocycles. The van der Waals surface area contributed by atoms with Crippen molar-refractivity contribution in [2.45, 2.75) is 13.5 Å². The van der Waals surface area contributed by atoms with Crippen LogP contribution in [0.2, 0.25) is 5.02 Å². The van der Waals surface area contributed by atoms with E-state index in [0.29, 0.717) is 11.6 Å². The van der Waals surface area contributed by atoms with Crippen LogP contribution < -0.4 is 4.74 Å². The summed E-state index contributed by atoms with van der Waals surface area (Å²) in [5.41, 5.74) is 4.02. The Morgan fingerprint density at radius 1 is 1.04 bits per heavy atom. The Labute approximate surface area is 161 Å². The third-order valence-electron chi connectivity index (χ3n) is 3.71. The van der Waals surface area contributed by atoms with Crippen molar-refractivity contribution >= 4 is 39.4 Å². The quantitative estimate of drug-likeness (QED) is 0.424. The molecule has 4 heteroatoms. The highest BCUT2D eigenvalue weighted by molar-refractivity contribution is 9.10. The maximum Gasteiger partial charge on any atom is 0.128 e. The fraction of sp³-hybridized carbons (Fsp3) is 0.0952. The zero-order chi connectivity index (χ0) is 17.6. The van der Waals surface area contributed by atoms with Crippen LogP contribution in [0.1, 0.15) is 16.7 Å². The highest BCUT2D eigenvalue weighted by Gasteiger charge is 2.04. The van der Waals surface area contributed by atoms with Crippen molar-refractivity contribution in [2.24, 2.45) is 4.99 Å². The summed E-state index contributed by atoms with van der Waals surface area (Å²) in [7, 11) is 0. The second kappa shape index (κ2) is 8.32. The number of para-hydroxylation sites is 1. The van der Waals surface area contributed by atoms with Gasteiger partial charge in [0, 0.05) is 21.3 Å². The monoisotopic (exact) mass is 413 g/mol. The Kier molecular flexibility index (Phi) is 5.90. The standard InChI is InChI=1S/C21H17BrClNO/c1-15-5-2-3-8-20(15)24-13-17-12-18(22)9-10-21(17)25-14-16-6-4-7-19(23)11-16/h2-13H,14H2,1H3. The lowest BCUT2D eigenvalue weighted by molar-refractivity contribution is 0.306. The lowest BCUT2D eigenvalue weighted by Crippen LogP contribution is -1.98. The van der Waals surface area contributed by atoms with E-state index in [9.17, 15) is 0 Å². The van der Waals surface area contributed by atoms with E-state index in [1.54, 1.807) is 0 Å². The van der Waals surface area contributed by atoms with Crippen molar-refractivity contribution in [1.82, 2.24) is 0 Å². The molecule has 0 saturated heterocycles. The number of ether oxygens (including phenoxy) is 1. The summed E-state index contributed by atoms with van der Waals surface area (Å²) >= 11 is 9.54. The lowest BCUT2D eigenvalue weighted by Gasteiger charge is -2.10. The minimum atomic E-state index is 0.452. The largest absolute Gasteiger partial charge is 0.488 e. The summed E-state index contributed by atoms with van der Waals surface area (Å²) in [6.07, 6.45) is 1.83. The molecule has 0 aromatic heterocycles. The fourth-order valence-electron chi connectivity index (χ4n) is 2.39. The van der Waals surface area contributed by atoms with Gasteiger partial charge in [-0.3, -0.25) is 4.99 Å². The number of hydrogen-bond acceptors (Lipinski definition) is 2. The van der Waals surface area contributed by atoms with Gasteiger partial charge in [-0.1, -0.05) is 57.9 Å².